The zero-order valence-electron chi connectivity index (χ0n) is 22.5. The molecule has 3 aromatic rings. The van der Waals surface area contributed by atoms with Crippen LogP contribution in [0.5, 0.6) is 11.5 Å². The van der Waals surface area contributed by atoms with Crippen molar-refractivity contribution in [3.63, 3.8) is 0 Å². The van der Waals surface area contributed by atoms with Gasteiger partial charge in [-0.05, 0) is 110 Å². The molecule has 2 aromatic carbocycles. The second-order valence-corrected chi connectivity index (χ2v) is 11.9. The molecule has 6 rings (SSSR count). The highest BCUT2D eigenvalue weighted by Gasteiger charge is 2.31. The van der Waals surface area contributed by atoms with Gasteiger partial charge in [-0.15, -0.1) is 11.3 Å². The second kappa shape index (κ2) is 12.5. The molecule has 1 fully saturated rings. The Hall–Kier alpha value is -2.34. The highest BCUT2D eigenvalue weighted by molar-refractivity contribution is 7.09. The normalized spacial score (nSPS) is 20.4. The van der Waals surface area contributed by atoms with Crippen LogP contribution in [-0.4, -0.2) is 44.3 Å². The summed E-state index contributed by atoms with van der Waals surface area (Å²) in [6.07, 6.45) is 10.8. The topological polar surface area (TPSA) is 47.7 Å². The molecule has 1 heterocycles. The van der Waals surface area contributed by atoms with E-state index < -0.39 is 0 Å². The van der Waals surface area contributed by atoms with E-state index in [2.05, 4.69) is 52.7 Å². The summed E-state index contributed by atoms with van der Waals surface area (Å²) in [7, 11) is 3.52. The summed E-state index contributed by atoms with van der Waals surface area (Å²) in [5.74, 6) is 3.03. The Morgan fingerprint density at radius 1 is 0.838 bits per heavy atom. The van der Waals surface area contributed by atoms with Crippen LogP contribution in [0.4, 0.5) is 0 Å². The smallest absolute Gasteiger partial charge is 0.122 e. The molecule has 0 amide bonds. The molecule has 0 spiro atoms. The number of hydrogen-bond acceptors (Lipinski definition) is 5. The number of thiophene rings is 1. The largest absolute Gasteiger partial charge is 0.496 e. The van der Waals surface area contributed by atoms with Gasteiger partial charge < -0.3 is 15.2 Å². The minimum Gasteiger partial charge on any atom is -0.496 e. The third-order valence-electron chi connectivity index (χ3n) is 8.27. The zero-order valence-corrected chi connectivity index (χ0v) is 23.3. The van der Waals surface area contributed by atoms with Crippen molar-refractivity contribution in [2.45, 2.75) is 69.9 Å². The molecular weight excluding hydrogens is 476 g/mol. The average Bonchev–Trinajstić information content (AvgIpc) is 3.61. The van der Waals surface area contributed by atoms with Crippen molar-refractivity contribution >= 4 is 11.3 Å². The minimum absolute atomic E-state index is 0.309. The minimum atomic E-state index is 0.309. The Morgan fingerprint density at radius 2 is 1.51 bits per heavy atom. The van der Waals surface area contributed by atoms with Gasteiger partial charge in [-0.25, -0.2) is 0 Å². The van der Waals surface area contributed by atoms with Gasteiger partial charge in [0, 0.05) is 30.1 Å². The van der Waals surface area contributed by atoms with Gasteiger partial charge in [-0.1, -0.05) is 30.3 Å². The first-order chi connectivity index (χ1) is 18.1. The molecule has 2 atom stereocenters. The number of fused-ring (bicyclic) bond motifs is 2. The molecule has 1 aromatic heterocycles. The fourth-order valence-electron chi connectivity index (χ4n) is 5.98. The lowest BCUT2D eigenvalue weighted by atomic mass is 9.86. The van der Waals surface area contributed by atoms with Crippen LogP contribution in [0.3, 0.4) is 0 Å². The van der Waals surface area contributed by atoms with E-state index in [1.807, 2.05) is 17.4 Å². The first-order valence-electron chi connectivity index (χ1n) is 14.0. The standard InChI is InChI=1S/C21H27NOS.C11H15NO/c1-23-21-6-2-4-17-9-10-18(14-20(17)21)22(15-16-7-8-16)12-11-19-5-3-13-24-19;1-13-11-4-2-3-8-5-6-9(12)7-10(8)11/h2-6,13,16,18H,7-12,14-15H2,1H3;2-4,9H,5-7,12H2,1H3. The number of rotatable bonds is 8. The van der Waals surface area contributed by atoms with Gasteiger partial charge in [0.25, 0.3) is 0 Å². The van der Waals surface area contributed by atoms with Crippen molar-refractivity contribution in [2.24, 2.45) is 11.7 Å². The van der Waals surface area contributed by atoms with Crippen LogP contribution in [-0.2, 0) is 32.1 Å². The quantitative estimate of drug-likeness (QED) is 0.393. The van der Waals surface area contributed by atoms with E-state index in [1.54, 1.807) is 14.2 Å². The van der Waals surface area contributed by atoms with E-state index in [1.165, 1.54) is 72.3 Å². The van der Waals surface area contributed by atoms with Crippen LogP contribution in [0.1, 0.15) is 52.8 Å². The first kappa shape index (κ1) is 26.3. The summed E-state index contributed by atoms with van der Waals surface area (Å²) in [6.45, 7) is 2.49. The molecule has 0 saturated heterocycles. The number of hydrogen-bond donors (Lipinski definition) is 1. The Morgan fingerprint density at radius 3 is 2.14 bits per heavy atom. The van der Waals surface area contributed by atoms with Gasteiger partial charge >= 0.3 is 0 Å². The van der Waals surface area contributed by atoms with Crippen LogP contribution in [0, 0.1) is 5.92 Å². The van der Waals surface area contributed by atoms with Crippen molar-refractivity contribution in [1.82, 2.24) is 4.90 Å². The molecule has 0 bridgehead atoms. The van der Waals surface area contributed by atoms with Crippen molar-refractivity contribution in [3.05, 3.63) is 81.0 Å². The van der Waals surface area contributed by atoms with E-state index in [-0.39, 0.29) is 0 Å². The van der Waals surface area contributed by atoms with Gasteiger partial charge in [0.1, 0.15) is 11.5 Å². The molecule has 5 heteroatoms. The van der Waals surface area contributed by atoms with Crippen LogP contribution in [0.25, 0.3) is 0 Å². The summed E-state index contributed by atoms with van der Waals surface area (Å²) in [5, 5.41) is 2.20. The second-order valence-electron chi connectivity index (χ2n) is 10.9. The third-order valence-corrected chi connectivity index (χ3v) is 9.21. The van der Waals surface area contributed by atoms with Crippen molar-refractivity contribution in [1.29, 1.82) is 0 Å². The summed E-state index contributed by atoms with van der Waals surface area (Å²) < 4.78 is 10.9. The summed E-state index contributed by atoms with van der Waals surface area (Å²) >= 11 is 1.89. The Kier molecular flexibility index (Phi) is 8.85. The number of aryl methyl sites for hydroxylation is 2. The lowest BCUT2D eigenvalue weighted by Gasteiger charge is -2.36. The van der Waals surface area contributed by atoms with Gasteiger partial charge in [0.05, 0.1) is 14.2 Å². The molecule has 198 valence electrons. The van der Waals surface area contributed by atoms with Gasteiger partial charge in [-0.3, -0.25) is 4.90 Å². The molecule has 2 unspecified atom stereocenters. The lowest BCUT2D eigenvalue weighted by molar-refractivity contribution is 0.173. The maximum Gasteiger partial charge on any atom is 0.122 e. The van der Waals surface area contributed by atoms with Crippen LogP contribution >= 0.6 is 11.3 Å². The third kappa shape index (κ3) is 6.76. The Balaban J connectivity index is 0.000000182. The predicted octanol–water partition coefficient (Wildman–Crippen LogP) is 6.08. The van der Waals surface area contributed by atoms with Crippen molar-refractivity contribution in [3.8, 4) is 11.5 Å². The van der Waals surface area contributed by atoms with Gasteiger partial charge in [-0.2, -0.15) is 0 Å². The maximum absolute atomic E-state index is 5.92. The van der Waals surface area contributed by atoms with Crippen molar-refractivity contribution in [2.75, 3.05) is 27.3 Å². The first-order valence-corrected chi connectivity index (χ1v) is 14.8. The van der Waals surface area contributed by atoms with E-state index in [4.69, 9.17) is 15.2 Å². The Labute approximate surface area is 226 Å². The lowest BCUT2D eigenvalue weighted by Crippen LogP contribution is -2.41. The number of methoxy groups -OCH3 is 2. The molecule has 2 N–H and O–H groups in total. The SMILES string of the molecule is COc1cccc2c1CC(N(CCc1cccs1)CC1CC1)CC2.COc1cccc2c1CC(N)CC2. The van der Waals surface area contributed by atoms with Crippen LogP contribution in [0.15, 0.2) is 53.9 Å². The molecule has 3 aliphatic rings. The van der Waals surface area contributed by atoms with Gasteiger partial charge in [0.15, 0.2) is 0 Å². The fourth-order valence-corrected chi connectivity index (χ4v) is 6.67. The molecule has 4 nitrogen and oxygen atoms in total. The zero-order chi connectivity index (χ0) is 25.6. The molecule has 3 aliphatic carbocycles. The monoisotopic (exact) mass is 518 g/mol. The van der Waals surface area contributed by atoms with E-state index in [0.717, 1.165) is 43.1 Å². The number of benzene rings is 2. The number of nitrogens with zero attached hydrogens (tertiary/aromatic N) is 1. The molecular formula is C32H42N2O2S. The maximum atomic E-state index is 5.92. The van der Waals surface area contributed by atoms with Crippen LogP contribution < -0.4 is 15.2 Å². The molecule has 0 radical (unpaired) electrons. The molecule has 37 heavy (non-hydrogen) atoms. The average molecular weight is 519 g/mol. The summed E-state index contributed by atoms with van der Waals surface area (Å²) in [6, 6.07) is 18.2. The van der Waals surface area contributed by atoms with Crippen LogP contribution in [0.2, 0.25) is 0 Å². The highest BCUT2D eigenvalue weighted by Crippen LogP contribution is 2.35. The molecule has 1 saturated carbocycles. The van der Waals surface area contributed by atoms with E-state index >= 15 is 0 Å². The summed E-state index contributed by atoms with van der Waals surface area (Å²) in [5.41, 5.74) is 11.6. The number of ether oxygens (including phenoxy) is 2. The van der Waals surface area contributed by atoms with Crippen molar-refractivity contribution < 1.29 is 9.47 Å². The van der Waals surface area contributed by atoms with E-state index in [9.17, 15) is 0 Å². The highest BCUT2D eigenvalue weighted by atomic mass is 32.1. The predicted molar refractivity (Wildman–Crippen MR) is 154 cm³/mol. The summed E-state index contributed by atoms with van der Waals surface area (Å²) in [4.78, 5) is 4.30. The van der Waals surface area contributed by atoms with E-state index in [0.29, 0.717) is 12.1 Å². The van der Waals surface area contributed by atoms with Gasteiger partial charge in [0.2, 0.25) is 0 Å². The Bertz CT molecular complexity index is 1110. The molecule has 0 aliphatic heterocycles. The fraction of sp³-hybridized carbons (Fsp3) is 0.500. The number of nitrogens with two attached hydrogens (primary N) is 1.